The summed E-state index contributed by atoms with van der Waals surface area (Å²) in [5.41, 5.74) is 19.0. The molecular weight excluding hydrogens is 1520 g/mol. The number of aromatic nitrogens is 8. The number of para-hydroxylation sites is 4. The average Bonchev–Trinajstić information content (AvgIpc) is 1.73. The smallest absolute Gasteiger partial charge is 0.339 e. The zero-order chi connectivity index (χ0) is 61.4. The number of carbonyl (C=O) groups excluding carboxylic acids is 1. The van der Waals surface area contributed by atoms with Crippen LogP contribution in [0, 0.1) is 13.8 Å². The molecule has 0 bridgehead atoms. The predicted octanol–water partition coefficient (Wildman–Crippen LogP) is 19.3. The molecular formula is C70H68I4N8O4. The first-order valence-electron chi connectivity index (χ1n) is 28.5. The molecule has 0 saturated heterocycles. The van der Waals surface area contributed by atoms with Crippen molar-refractivity contribution in [3.63, 3.8) is 0 Å². The fourth-order valence-electron chi connectivity index (χ4n) is 11.2. The molecule has 0 aliphatic carbocycles. The number of fused-ring (bicyclic) bond motifs is 4. The quantitative estimate of drug-likeness (QED) is 0.0840. The lowest BCUT2D eigenvalue weighted by Gasteiger charge is -2.20. The van der Waals surface area contributed by atoms with Crippen LogP contribution in [0.1, 0.15) is 102 Å². The van der Waals surface area contributed by atoms with Gasteiger partial charge in [0.15, 0.2) is 0 Å². The van der Waals surface area contributed by atoms with Crippen molar-refractivity contribution < 1.29 is 19.4 Å². The monoisotopic (exact) mass is 1590 g/mol. The Kier molecular flexibility index (Phi) is 21.2. The molecule has 86 heavy (non-hydrogen) atoms. The zero-order valence-corrected chi connectivity index (χ0v) is 58.3. The Balaban J connectivity index is 0.000000195. The van der Waals surface area contributed by atoms with Gasteiger partial charge in [-0.05, 0) is 153 Å². The van der Waals surface area contributed by atoms with Crippen molar-refractivity contribution in [2.75, 3.05) is 0 Å². The lowest BCUT2D eigenvalue weighted by molar-refractivity contribution is 0.00701. The molecule has 12 aromatic rings. The number of carboxylic acid groups (broad SMARTS) is 1. The Morgan fingerprint density at radius 1 is 0.488 bits per heavy atom. The van der Waals surface area contributed by atoms with Crippen molar-refractivity contribution in [2.45, 2.75) is 92.8 Å². The number of nitrogens with zero attached hydrogens (tertiary/aromatic N) is 8. The Hall–Kier alpha value is -6.50. The number of benzene rings is 8. The number of ether oxygens (including phenoxy) is 1. The van der Waals surface area contributed by atoms with Crippen molar-refractivity contribution in [3.8, 4) is 45.0 Å². The first-order valence-corrected chi connectivity index (χ1v) is 41.1. The number of hydrogen-bond acceptors (Lipinski definition) is 7. The van der Waals surface area contributed by atoms with Gasteiger partial charge >= 0.3 is 11.9 Å². The second-order valence-electron chi connectivity index (χ2n) is 22.3. The van der Waals surface area contributed by atoms with Gasteiger partial charge in [0.2, 0.25) is 0 Å². The third kappa shape index (κ3) is 13.9. The van der Waals surface area contributed by atoms with Crippen LogP contribution < -0.4 is 0 Å². The van der Waals surface area contributed by atoms with Crippen LogP contribution in [-0.4, -0.2) is 60.9 Å². The fourth-order valence-corrected chi connectivity index (χ4v) is 11.2. The molecule has 0 atom stereocenters. The second-order valence-corrected chi connectivity index (χ2v) is 22.3. The summed E-state index contributed by atoms with van der Waals surface area (Å²) in [6.45, 7) is 15.7. The number of carbonyl (C=O) groups is 2. The molecule has 0 saturated carbocycles. The molecule has 0 aliphatic rings. The van der Waals surface area contributed by atoms with E-state index in [1.807, 2.05) is 93.6 Å². The Morgan fingerprint density at radius 3 is 1.27 bits per heavy atom. The highest BCUT2D eigenvalue weighted by Crippen LogP contribution is 2.34. The van der Waals surface area contributed by atoms with Crippen molar-refractivity contribution >= 4 is 131 Å². The molecule has 12 nitrogen and oxygen atoms in total. The van der Waals surface area contributed by atoms with Gasteiger partial charge in [0.25, 0.3) is 0 Å². The number of esters is 1. The number of rotatable bonds is 14. The molecule has 0 fully saturated rings. The minimum absolute atomic E-state index is 0.307. The highest BCUT2D eigenvalue weighted by Gasteiger charge is 2.23. The van der Waals surface area contributed by atoms with Crippen molar-refractivity contribution in [1.82, 2.24) is 38.2 Å². The molecule has 0 radical (unpaired) electrons. The summed E-state index contributed by atoms with van der Waals surface area (Å²) < 4.78 is 14.7. The maximum absolute atomic E-state index is 12.9. The molecule has 4 aromatic heterocycles. The second kappa shape index (κ2) is 28.6. The van der Waals surface area contributed by atoms with Crippen LogP contribution in [0.15, 0.2) is 170 Å². The number of aromatic carboxylic acids is 1. The average molecular weight is 1590 g/mol. The molecule has 1 N–H and O–H groups in total. The summed E-state index contributed by atoms with van der Waals surface area (Å²) in [5.74, 6) is 2.81. The molecule has 8 aromatic carbocycles. The Labute approximate surface area is 549 Å². The highest BCUT2D eigenvalue weighted by atomic mass is 128. The summed E-state index contributed by atoms with van der Waals surface area (Å²) in [6.07, 6.45) is 3.81. The number of hydrogen-bond donors (Lipinski definition) is 1. The lowest BCUT2D eigenvalue weighted by Crippen LogP contribution is -2.24. The molecule has 440 valence electrons. The van der Waals surface area contributed by atoms with E-state index in [0.717, 1.165) is 143 Å². The number of carboxylic acids is 1. The van der Waals surface area contributed by atoms with Crippen LogP contribution in [0.4, 0.5) is 0 Å². The number of aryl methyl sites for hydroxylation is 6. The van der Waals surface area contributed by atoms with Crippen LogP contribution in [0.25, 0.3) is 89.2 Å². The van der Waals surface area contributed by atoms with E-state index in [9.17, 15) is 14.7 Å². The van der Waals surface area contributed by atoms with Gasteiger partial charge in [-0.1, -0.05) is 123 Å². The standard InChI is InChI=1S/C37H38N4O2.C33H30N4O2.2I2/c1-7-12-33-39-34-24(2)21-27(35-38-30-15-10-11-16-31(30)40(35)6)22-32(34)41(33)23-25-17-19-26(20-18-25)28-13-8-9-14-29(28)36(42)43-37(3,4)5;1-4-9-30-35-31-21(2)18-24(32-34-27-12-7-8-13-28(27)36(32)3)19-29(31)37(30)20-22-14-16-23(17-15-22)25-10-5-6-11-26(25)33(38)39;2*1-2/h8-11,13-22H,7,12,23H2,1-6H3;5-8,10-19H,4,9,20H2,1-3H3,(H,38,39);;. The number of imidazole rings is 4. The molecule has 0 aliphatic heterocycles. The summed E-state index contributed by atoms with van der Waals surface area (Å²) in [4.78, 5) is 44.7. The zero-order valence-electron chi connectivity index (χ0n) is 49.7. The van der Waals surface area contributed by atoms with Gasteiger partial charge in [0, 0.05) is 126 Å². The van der Waals surface area contributed by atoms with E-state index >= 15 is 0 Å². The minimum atomic E-state index is -0.921. The van der Waals surface area contributed by atoms with Gasteiger partial charge in [0.1, 0.15) is 28.9 Å². The fraction of sp³-hybridized carbons (Fsp3) is 0.229. The Bertz CT molecular complexity index is 4380. The van der Waals surface area contributed by atoms with Crippen LogP contribution in [0.3, 0.4) is 0 Å². The first kappa shape index (κ1) is 64.0. The van der Waals surface area contributed by atoms with E-state index in [4.69, 9.17) is 24.7 Å². The normalized spacial score (nSPS) is 11.3. The van der Waals surface area contributed by atoms with Gasteiger partial charge in [-0.2, -0.15) is 0 Å². The molecule has 16 heteroatoms. The molecule has 0 spiro atoms. The molecule has 0 amide bonds. The maximum Gasteiger partial charge on any atom is 0.339 e. The van der Waals surface area contributed by atoms with Crippen molar-refractivity contribution in [2.24, 2.45) is 14.1 Å². The predicted molar refractivity (Wildman–Crippen MR) is 387 cm³/mol. The van der Waals surface area contributed by atoms with Gasteiger partial charge in [-0.15, -0.1) is 0 Å². The van der Waals surface area contributed by atoms with Gasteiger partial charge < -0.3 is 28.1 Å². The van der Waals surface area contributed by atoms with Crippen molar-refractivity contribution in [3.05, 3.63) is 215 Å². The van der Waals surface area contributed by atoms with E-state index in [2.05, 4.69) is 219 Å². The van der Waals surface area contributed by atoms with Gasteiger partial charge in [-0.25, -0.2) is 29.5 Å². The van der Waals surface area contributed by atoms with Crippen LogP contribution >= 0.6 is 74.5 Å². The summed E-state index contributed by atoms with van der Waals surface area (Å²) >= 11 is 8.48. The summed E-state index contributed by atoms with van der Waals surface area (Å²) in [5, 5.41) is 9.60. The highest BCUT2D eigenvalue weighted by molar-refractivity contribution is 15.0. The minimum Gasteiger partial charge on any atom is -0.478 e. The van der Waals surface area contributed by atoms with Crippen LogP contribution in [0.2, 0.25) is 0 Å². The molecule has 0 unspecified atom stereocenters. The van der Waals surface area contributed by atoms with Crippen LogP contribution in [0.5, 0.6) is 0 Å². The SMILES string of the molecule is CCCc1nc2c(C)cc(-c3nc4ccccc4n3C)cc2n1Cc1ccc(-c2ccccc2C(=O)O)cc1.CCCc1nc2c(C)cc(-c3nc4ccccc4n3C)cc2n1Cc1ccc(-c2ccccc2C(=O)OC(C)(C)C)cc1.II.II. The largest absolute Gasteiger partial charge is 0.478 e. The first-order chi connectivity index (χ1) is 41.6. The lowest BCUT2D eigenvalue weighted by atomic mass is 9.98. The number of halogens is 4. The third-order valence-corrected chi connectivity index (χ3v) is 15.2. The third-order valence-electron chi connectivity index (χ3n) is 15.2. The summed E-state index contributed by atoms with van der Waals surface area (Å²) in [7, 11) is 4.14. The van der Waals surface area contributed by atoms with E-state index in [0.29, 0.717) is 24.2 Å². The van der Waals surface area contributed by atoms with E-state index in [1.165, 1.54) is 5.56 Å². The van der Waals surface area contributed by atoms with Gasteiger partial charge in [-0.3, -0.25) is 0 Å². The van der Waals surface area contributed by atoms with Crippen LogP contribution in [-0.2, 0) is 44.8 Å². The molecule has 12 rings (SSSR count). The maximum atomic E-state index is 12.9. The van der Waals surface area contributed by atoms with Gasteiger partial charge in [0.05, 0.1) is 55.3 Å². The van der Waals surface area contributed by atoms with Crippen molar-refractivity contribution in [1.29, 1.82) is 0 Å². The summed E-state index contributed by atoms with van der Waals surface area (Å²) in [6, 6.07) is 56.7. The van der Waals surface area contributed by atoms with E-state index in [1.54, 1.807) is 12.1 Å². The van der Waals surface area contributed by atoms with E-state index in [-0.39, 0.29) is 5.97 Å². The Morgan fingerprint density at radius 2 is 0.872 bits per heavy atom. The molecule has 4 heterocycles. The topological polar surface area (TPSA) is 135 Å². The van der Waals surface area contributed by atoms with E-state index < -0.39 is 11.6 Å².